The Morgan fingerprint density at radius 3 is 2.67 bits per heavy atom. The molecule has 0 aliphatic carbocycles. The van der Waals surface area contributed by atoms with Crippen molar-refractivity contribution in [3.8, 4) is 0 Å². The maximum Gasteiger partial charge on any atom is 0.0950 e. The van der Waals surface area contributed by atoms with Crippen LogP contribution in [0.2, 0.25) is 0 Å². The van der Waals surface area contributed by atoms with E-state index in [-0.39, 0.29) is 0 Å². The lowest BCUT2D eigenvalue weighted by Crippen LogP contribution is -2.54. The van der Waals surface area contributed by atoms with Gasteiger partial charge in [0.15, 0.2) is 0 Å². The predicted molar refractivity (Wildman–Crippen MR) is 72.5 cm³/mol. The van der Waals surface area contributed by atoms with E-state index in [2.05, 4.69) is 30.3 Å². The molecule has 3 nitrogen and oxygen atoms in total. The maximum atomic E-state index is 5.17. The second-order valence-electron chi connectivity index (χ2n) is 6.02. The highest BCUT2D eigenvalue weighted by atomic mass is 16.3. The highest BCUT2D eigenvalue weighted by Gasteiger charge is 2.36. The molecular formula is C15H24N2O. The molecule has 18 heavy (non-hydrogen) atoms. The van der Waals surface area contributed by atoms with Crippen molar-refractivity contribution >= 4 is 0 Å². The first-order valence-corrected chi connectivity index (χ1v) is 7.24. The van der Waals surface area contributed by atoms with Crippen molar-refractivity contribution in [2.45, 2.75) is 63.2 Å². The molecule has 3 atom stereocenters. The molecule has 3 unspecified atom stereocenters. The van der Waals surface area contributed by atoms with Gasteiger partial charge >= 0.3 is 0 Å². The van der Waals surface area contributed by atoms with Gasteiger partial charge in [-0.2, -0.15) is 0 Å². The Labute approximate surface area is 110 Å². The number of nitrogens with one attached hydrogen (secondary N) is 1. The van der Waals surface area contributed by atoms with Gasteiger partial charge in [-0.05, 0) is 45.7 Å². The van der Waals surface area contributed by atoms with E-state index in [1.807, 2.05) is 6.26 Å². The third-order valence-electron chi connectivity index (χ3n) is 4.87. The molecule has 0 aromatic carbocycles. The minimum absolute atomic E-state index is 0.401. The second-order valence-corrected chi connectivity index (χ2v) is 6.02. The summed E-state index contributed by atoms with van der Waals surface area (Å²) in [6.45, 7) is 2.24. The fraction of sp³-hybridized carbons (Fsp3) is 0.733. The van der Waals surface area contributed by atoms with Gasteiger partial charge in [0.25, 0.3) is 0 Å². The highest BCUT2D eigenvalue weighted by Crippen LogP contribution is 2.33. The Morgan fingerprint density at radius 1 is 1.33 bits per heavy atom. The lowest BCUT2D eigenvalue weighted by molar-refractivity contribution is 0.0462. The monoisotopic (exact) mass is 248 g/mol. The molecule has 1 aromatic rings. The van der Waals surface area contributed by atoms with E-state index in [0.717, 1.165) is 12.1 Å². The molecule has 0 radical (unpaired) electrons. The fourth-order valence-corrected chi connectivity index (χ4v) is 3.72. The van der Waals surface area contributed by atoms with E-state index < -0.39 is 0 Å². The van der Waals surface area contributed by atoms with Crippen LogP contribution in [0.5, 0.6) is 0 Å². The fourth-order valence-electron chi connectivity index (χ4n) is 3.72. The lowest BCUT2D eigenvalue weighted by atomic mass is 9.82. The standard InChI is InChI=1S/C15H24N2O/c1-11(12-6-7-18-10-12)16-13-8-14-4-3-5-15(9-13)17(14)2/h6-7,10-11,13-16H,3-5,8-9H2,1-2H3. The summed E-state index contributed by atoms with van der Waals surface area (Å²) in [6.07, 6.45) is 10.4. The normalized spacial score (nSPS) is 34.4. The van der Waals surface area contributed by atoms with Crippen LogP contribution in [-0.2, 0) is 0 Å². The SMILES string of the molecule is CC(NC1CC2CCCC(C1)N2C)c1ccoc1. The minimum atomic E-state index is 0.401. The summed E-state index contributed by atoms with van der Waals surface area (Å²) >= 11 is 0. The summed E-state index contributed by atoms with van der Waals surface area (Å²) in [4.78, 5) is 2.62. The van der Waals surface area contributed by atoms with Crippen molar-refractivity contribution in [1.29, 1.82) is 0 Å². The zero-order chi connectivity index (χ0) is 12.5. The topological polar surface area (TPSA) is 28.4 Å². The van der Waals surface area contributed by atoms with Crippen LogP contribution in [-0.4, -0.2) is 30.1 Å². The summed E-state index contributed by atoms with van der Waals surface area (Å²) < 4.78 is 5.17. The molecule has 2 fully saturated rings. The van der Waals surface area contributed by atoms with Gasteiger partial charge in [0.1, 0.15) is 0 Å². The van der Waals surface area contributed by atoms with Gasteiger partial charge in [-0.15, -0.1) is 0 Å². The first-order valence-electron chi connectivity index (χ1n) is 7.24. The van der Waals surface area contributed by atoms with Gasteiger partial charge in [0.05, 0.1) is 12.5 Å². The van der Waals surface area contributed by atoms with E-state index in [1.165, 1.54) is 37.7 Å². The molecule has 1 N–H and O–H groups in total. The molecule has 0 amide bonds. The zero-order valence-corrected chi connectivity index (χ0v) is 11.4. The molecule has 3 rings (SSSR count). The van der Waals surface area contributed by atoms with E-state index in [0.29, 0.717) is 12.1 Å². The van der Waals surface area contributed by atoms with Gasteiger partial charge in [-0.3, -0.25) is 0 Å². The number of nitrogens with zero attached hydrogens (tertiary/aromatic N) is 1. The highest BCUT2D eigenvalue weighted by molar-refractivity contribution is 5.11. The summed E-state index contributed by atoms with van der Waals surface area (Å²) in [5.74, 6) is 0. The molecule has 2 saturated heterocycles. The first kappa shape index (κ1) is 12.2. The number of piperidine rings is 2. The largest absolute Gasteiger partial charge is 0.472 e. The van der Waals surface area contributed by atoms with Crippen molar-refractivity contribution in [2.75, 3.05) is 7.05 Å². The van der Waals surface area contributed by atoms with Crippen LogP contribution in [0.4, 0.5) is 0 Å². The molecular weight excluding hydrogens is 224 g/mol. The van der Waals surface area contributed by atoms with Crippen molar-refractivity contribution in [3.63, 3.8) is 0 Å². The summed E-state index contributed by atoms with van der Waals surface area (Å²) in [5, 5.41) is 3.78. The van der Waals surface area contributed by atoms with Gasteiger partial charge in [-0.1, -0.05) is 6.42 Å². The Kier molecular flexibility index (Phi) is 3.44. The molecule has 2 aliphatic heterocycles. The molecule has 1 aromatic heterocycles. The molecule has 3 heterocycles. The average molecular weight is 248 g/mol. The number of hydrogen-bond donors (Lipinski definition) is 1. The smallest absolute Gasteiger partial charge is 0.0950 e. The van der Waals surface area contributed by atoms with Gasteiger partial charge in [-0.25, -0.2) is 0 Å². The van der Waals surface area contributed by atoms with E-state index in [4.69, 9.17) is 4.42 Å². The van der Waals surface area contributed by atoms with Crippen LogP contribution in [0.15, 0.2) is 23.0 Å². The van der Waals surface area contributed by atoms with Gasteiger partial charge in [0, 0.05) is 29.7 Å². The average Bonchev–Trinajstić information content (AvgIpc) is 2.84. The number of furan rings is 1. The van der Waals surface area contributed by atoms with Crippen molar-refractivity contribution < 1.29 is 4.42 Å². The summed E-state index contributed by atoms with van der Waals surface area (Å²) in [5.41, 5.74) is 1.26. The molecule has 2 bridgehead atoms. The van der Waals surface area contributed by atoms with Crippen LogP contribution in [0.1, 0.15) is 50.6 Å². The Balaban J connectivity index is 1.61. The number of fused-ring (bicyclic) bond motifs is 2. The Hall–Kier alpha value is -0.800. The Morgan fingerprint density at radius 2 is 2.06 bits per heavy atom. The zero-order valence-electron chi connectivity index (χ0n) is 11.4. The van der Waals surface area contributed by atoms with Gasteiger partial charge in [0.2, 0.25) is 0 Å². The van der Waals surface area contributed by atoms with Crippen molar-refractivity contribution in [2.24, 2.45) is 0 Å². The minimum Gasteiger partial charge on any atom is -0.472 e. The Bertz CT molecular complexity index is 362. The third kappa shape index (κ3) is 2.34. The van der Waals surface area contributed by atoms with Crippen molar-refractivity contribution in [1.82, 2.24) is 10.2 Å². The molecule has 0 saturated carbocycles. The molecule has 2 aliphatic rings. The second kappa shape index (κ2) is 5.06. The third-order valence-corrected chi connectivity index (χ3v) is 4.87. The lowest BCUT2D eigenvalue weighted by Gasteiger charge is -2.47. The van der Waals surface area contributed by atoms with E-state index >= 15 is 0 Å². The van der Waals surface area contributed by atoms with Crippen LogP contribution in [0.3, 0.4) is 0 Å². The summed E-state index contributed by atoms with van der Waals surface area (Å²) in [7, 11) is 2.31. The van der Waals surface area contributed by atoms with E-state index in [1.54, 1.807) is 6.26 Å². The quantitative estimate of drug-likeness (QED) is 0.891. The first-order chi connectivity index (χ1) is 8.74. The van der Waals surface area contributed by atoms with E-state index in [9.17, 15) is 0 Å². The summed E-state index contributed by atoms with van der Waals surface area (Å²) in [6, 6.07) is 4.73. The number of rotatable bonds is 3. The van der Waals surface area contributed by atoms with Crippen LogP contribution < -0.4 is 5.32 Å². The molecule has 0 spiro atoms. The van der Waals surface area contributed by atoms with Crippen LogP contribution in [0.25, 0.3) is 0 Å². The van der Waals surface area contributed by atoms with Crippen LogP contribution >= 0.6 is 0 Å². The van der Waals surface area contributed by atoms with Crippen LogP contribution in [0, 0.1) is 0 Å². The molecule has 100 valence electrons. The van der Waals surface area contributed by atoms with Crippen molar-refractivity contribution in [3.05, 3.63) is 24.2 Å². The van der Waals surface area contributed by atoms with Gasteiger partial charge < -0.3 is 14.6 Å². The number of hydrogen-bond acceptors (Lipinski definition) is 3. The predicted octanol–water partition coefficient (Wildman–Crippen LogP) is 2.95. The maximum absolute atomic E-state index is 5.17. The molecule has 3 heteroatoms.